The Morgan fingerprint density at radius 2 is 1.77 bits per heavy atom. The van der Waals surface area contributed by atoms with Gasteiger partial charge in [-0.15, -0.1) is 5.10 Å². The number of aromatic amines is 1. The summed E-state index contributed by atoms with van der Waals surface area (Å²) in [5, 5.41) is 29.2. The topological polar surface area (TPSA) is 122 Å². The number of benzene rings is 2. The molecule has 1 saturated carbocycles. The van der Waals surface area contributed by atoms with Crippen LogP contribution in [0.25, 0.3) is 16.8 Å². The molecule has 0 atom stereocenters. The Balaban J connectivity index is 1.40. The van der Waals surface area contributed by atoms with Gasteiger partial charge in [0.05, 0.1) is 17.3 Å². The van der Waals surface area contributed by atoms with Crippen LogP contribution in [-0.4, -0.2) is 41.6 Å². The number of hydrogen-bond donors (Lipinski definition) is 3. The van der Waals surface area contributed by atoms with Gasteiger partial charge in [-0.2, -0.15) is 5.10 Å². The van der Waals surface area contributed by atoms with E-state index in [2.05, 4.69) is 37.9 Å². The van der Waals surface area contributed by atoms with Gasteiger partial charge in [-0.3, -0.25) is 5.32 Å². The van der Waals surface area contributed by atoms with Crippen LogP contribution in [0.5, 0.6) is 0 Å². The number of amides is 1. The number of halogens is 1. The molecular weight excluding hydrogens is 389 g/mol. The minimum Gasteiger partial charge on any atom is -0.465 e. The van der Waals surface area contributed by atoms with Crippen LogP contribution in [0.2, 0.25) is 0 Å². The average Bonchev–Trinajstić information content (AvgIpc) is 3.21. The van der Waals surface area contributed by atoms with Crippen LogP contribution in [-0.2, 0) is 5.41 Å². The van der Waals surface area contributed by atoms with Crippen LogP contribution in [0.3, 0.4) is 0 Å². The second-order valence-electron chi connectivity index (χ2n) is 7.14. The largest absolute Gasteiger partial charge is 0.465 e. The molecule has 10 heteroatoms. The average molecular weight is 405 g/mol. The van der Waals surface area contributed by atoms with Crippen molar-refractivity contribution in [2.24, 2.45) is 0 Å². The van der Waals surface area contributed by atoms with E-state index >= 15 is 0 Å². The summed E-state index contributed by atoms with van der Waals surface area (Å²) >= 11 is 0. The minimum atomic E-state index is -1.36. The maximum atomic E-state index is 13.8. The molecule has 2 heterocycles. The second kappa shape index (κ2) is 6.76. The number of nitrogens with one attached hydrogen (secondary N) is 2. The molecule has 3 N–H and O–H groups in total. The van der Waals surface area contributed by atoms with Crippen LogP contribution in [0.15, 0.2) is 54.7 Å². The molecule has 4 aromatic rings. The van der Waals surface area contributed by atoms with E-state index in [0.717, 1.165) is 41.6 Å². The highest BCUT2D eigenvalue weighted by Gasteiger charge is 2.49. The third-order valence-corrected chi connectivity index (χ3v) is 5.38. The first kappa shape index (κ1) is 18.0. The van der Waals surface area contributed by atoms with Crippen molar-refractivity contribution < 1.29 is 14.3 Å². The molecule has 2 aromatic carbocycles. The number of H-pyrrole nitrogens is 1. The van der Waals surface area contributed by atoms with E-state index in [4.69, 9.17) is 5.11 Å². The summed E-state index contributed by atoms with van der Waals surface area (Å²) < 4.78 is 15.0. The van der Waals surface area contributed by atoms with Gasteiger partial charge in [0.25, 0.3) is 0 Å². The zero-order valence-electron chi connectivity index (χ0n) is 15.6. The molecule has 0 bridgehead atoms. The van der Waals surface area contributed by atoms with Crippen molar-refractivity contribution in [3.8, 4) is 16.8 Å². The van der Waals surface area contributed by atoms with Crippen molar-refractivity contribution in [2.75, 3.05) is 5.32 Å². The first-order valence-electron chi connectivity index (χ1n) is 9.26. The predicted octanol–water partition coefficient (Wildman–Crippen LogP) is 3.36. The van der Waals surface area contributed by atoms with Crippen LogP contribution < -0.4 is 5.32 Å². The lowest BCUT2D eigenvalue weighted by Gasteiger charge is -2.13. The zero-order chi connectivity index (χ0) is 20.7. The van der Waals surface area contributed by atoms with Crippen LogP contribution in [0.4, 0.5) is 15.0 Å². The molecule has 0 aliphatic heterocycles. The maximum absolute atomic E-state index is 13.8. The van der Waals surface area contributed by atoms with Gasteiger partial charge in [-0.05, 0) is 52.1 Å². The number of rotatable bonds is 5. The standard InChI is InChI=1S/C20H16FN7O2/c21-16-11-22-28(17(16)23-19(29)30)15-7-3-13(4-8-15)12-1-5-14(6-2-12)20(9-10-20)18-24-26-27-25-18/h1-8,11,23H,9-10H2,(H,29,30)(H,24,25,26,27). The van der Waals surface area contributed by atoms with E-state index in [9.17, 15) is 9.18 Å². The molecule has 5 rings (SSSR count). The molecular formula is C20H16FN7O2. The zero-order valence-corrected chi connectivity index (χ0v) is 15.6. The predicted molar refractivity (Wildman–Crippen MR) is 105 cm³/mol. The number of aromatic nitrogens is 6. The molecule has 0 unspecified atom stereocenters. The van der Waals surface area contributed by atoms with Crippen LogP contribution in [0, 0.1) is 5.82 Å². The minimum absolute atomic E-state index is 0.121. The molecule has 1 fully saturated rings. The van der Waals surface area contributed by atoms with Gasteiger partial charge >= 0.3 is 6.09 Å². The fourth-order valence-corrected chi connectivity index (χ4v) is 3.66. The van der Waals surface area contributed by atoms with E-state index in [-0.39, 0.29) is 11.2 Å². The third kappa shape index (κ3) is 2.98. The van der Waals surface area contributed by atoms with Crippen molar-refractivity contribution in [3.63, 3.8) is 0 Å². The first-order valence-corrected chi connectivity index (χ1v) is 9.26. The fourth-order valence-electron chi connectivity index (χ4n) is 3.66. The Hall–Kier alpha value is -4.08. The second-order valence-corrected chi connectivity index (χ2v) is 7.14. The van der Waals surface area contributed by atoms with Gasteiger partial charge in [0.2, 0.25) is 0 Å². The molecule has 1 amide bonds. The fraction of sp³-hybridized carbons (Fsp3) is 0.150. The smallest absolute Gasteiger partial charge is 0.410 e. The number of hydrogen-bond acceptors (Lipinski definition) is 5. The molecule has 150 valence electrons. The Labute approximate surface area is 169 Å². The highest BCUT2D eigenvalue weighted by molar-refractivity contribution is 5.82. The van der Waals surface area contributed by atoms with E-state index < -0.39 is 11.9 Å². The lowest BCUT2D eigenvalue weighted by Crippen LogP contribution is -2.13. The normalized spacial score (nSPS) is 14.4. The van der Waals surface area contributed by atoms with Gasteiger partial charge in [0.15, 0.2) is 17.5 Å². The molecule has 1 aliphatic rings. The van der Waals surface area contributed by atoms with Gasteiger partial charge < -0.3 is 5.11 Å². The van der Waals surface area contributed by atoms with Crippen molar-refractivity contribution in [3.05, 3.63) is 71.9 Å². The number of anilines is 1. The first-order chi connectivity index (χ1) is 14.6. The van der Waals surface area contributed by atoms with Gasteiger partial charge in [0, 0.05) is 0 Å². The van der Waals surface area contributed by atoms with E-state index in [1.165, 1.54) is 4.68 Å². The molecule has 1 aliphatic carbocycles. The molecule has 2 aromatic heterocycles. The molecule has 0 radical (unpaired) electrons. The van der Waals surface area contributed by atoms with E-state index in [1.807, 2.05) is 29.6 Å². The quantitative estimate of drug-likeness (QED) is 0.468. The highest BCUT2D eigenvalue weighted by atomic mass is 19.1. The number of carboxylic acid groups (broad SMARTS) is 1. The molecule has 0 saturated heterocycles. The number of carbonyl (C=O) groups is 1. The number of tetrazole rings is 1. The SMILES string of the molecule is O=C(O)Nc1c(F)cnn1-c1ccc(-c2ccc(C3(c4nnn[nH]4)CC3)cc2)cc1. The third-order valence-electron chi connectivity index (χ3n) is 5.38. The van der Waals surface area contributed by atoms with Crippen LogP contribution >= 0.6 is 0 Å². The molecule has 30 heavy (non-hydrogen) atoms. The van der Waals surface area contributed by atoms with Crippen molar-refractivity contribution >= 4 is 11.9 Å². The van der Waals surface area contributed by atoms with Crippen molar-refractivity contribution in [2.45, 2.75) is 18.3 Å². The summed E-state index contributed by atoms with van der Waals surface area (Å²) in [5.41, 5.74) is 3.57. The highest BCUT2D eigenvalue weighted by Crippen LogP contribution is 2.52. The molecule has 9 nitrogen and oxygen atoms in total. The Morgan fingerprint density at radius 3 is 2.33 bits per heavy atom. The lowest BCUT2D eigenvalue weighted by atomic mass is 9.93. The van der Waals surface area contributed by atoms with Gasteiger partial charge in [-0.25, -0.2) is 19.0 Å². The summed E-state index contributed by atoms with van der Waals surface area (Å²) in [6.45, 7) is 0. The summed E-state index contributed by atoms with van der Waals surface area (Å²) in [6, 6.07) is 15.5. The van der Waals surface area contributed by atoms with Crippen molar-refractivity contribution in [1.82, 2.24) is 30.4 Å². The van der Waals surface area contributed by atoms with Gasteiger partial charge in [0.1, 0.15) is 0 Å². The maximum Gasteiger partial charge on any atom is 0.410 e. The number of nitrogens with zero attached hydrogens (tertiary/aromatic N) is 5. The Bertz CT molecular complexity index is 1200. The summed E-state index contributed by atoms with van der Waals surface area (Å²) in [6.07, 6.45) is 1.62. The van der Waals surface area contributed by atoms with Crippen molar-refractivity contribution in [1.29, 1.82) is 0 Å². The molecule has 0 spiro atoms. The Kier molecular flexibility index (Phi) is 4.05. The summed E-state index contributed by atoms with van der Waals surface area (Å²) in [4.78, 5) is 10.9. The summed E-state index contributed by atoms with van der Waals surface area (Å²) in [5.74, 6) is -0.180. The van der Waals surface area contributed by atoms with Crippen LogP contribution in [0.1, 0.15) is 24.2 Å². The van der Waals surface area contributed by atoms with E-state index in [1.54, 1.807) is 12.1 Å². The van der Waals surface area contributed by atoms with E-state index in [0.29, 0.717) is 5.69 Å². The Morgan fingerprint density at radius 1 is 1.10 bits per heavy atom. The lowest BCUT2D eigenvalue weighted by molar-refractivity contribution is 0.209. The summed E-state index contributed by atoms with van der Waals surface area (Å²) in [7, 11) is 0. The van der Waals surface area contributed by atoms with Gasteiger partial charge in [-0.1, -0.05) is 36.4 Å². The monoisotopic (exact) mass is 405 g/mol.